The molecule has 1 aromatic heterocycles. The topological polar surface area (TPSA) is 112 Å². The highest BCUT2D eigenvalue weighted by atomic mass is 35.5. The summed E-state index contributed by atoms with van der Waals surface area (Å²) in [5.41, 5.74) is 4.60. The maximum atomic E-state index is 12.9. The predicted octanol–water partition coefficient (Wildman–Crippen LogP) is 3.55. The standard InChI is InChI=1S/C21H18ClN3O4/c1-12(24-25-17(26)9-10-18(27)28)19-20(13-5-3-2-4-6-13)15-11-14(22)7-8-16(15)23-21(19)29/h2-8,11H,9-10H2,1H3,(H,23,29)(H,25,26)(H,27,28)/b24-12+. The summed E-state index contributed by atoms with van der Waals surface area (Å²) in [6.07, 6.45) is -0.508. The zero-order chi connectivity index (χ0) is 21.0. The number of fused-ring (bicyclic) bond motifs is 1. The van der Waals surface area contributed by atoms with Gasteiger partial charge in [0, 0.05) is 27.9 Å². The number of aromatic amines is 1. The van der Waals surface area contributed by atoms with Gasteiger partial charge in [-0.2, -0.15) is 5.10 Å². The summed E-state index contributed by atoms with van der Waals surface area (Å²) < 4.78 is 0. The highest BCUT2D eigenvalue weighted by molar-refractivity contribution is 6.31. The van der Waals surface area contributed by atoms with E-state index in [4.69, 9.17) is 16.7 Å². The molecular weight excluding hydrogens is 394 g/mol. The number of aromatic nitrogens is 1. The lowest BCUT2D eigenvalue weighted by Crippen LogP contribution is -2.24. The number of halogens is 1. The molecule has 3 N–H and O–H groups in total. The number of benzene rings is 2. The molecule has 8 heteroatoms. The number of hydrogen-bond acceptors (Lipinski definition) is 4. The summed E-state index contributed by atoms with van der Waals surface area (Å²) in [5.74, 6) is -1.62. The van der Waals surface area contributed by atoms with Crippen LogP contribution in [0.3, 0.4) is 0 Å². The van der Waals surface area contributed by atoms with Crippen molar-refractivity contribution < 1.29 is 14.7 Å². The molecule has 0 atom stereocenters. The van der Waals surface area contributed by atoms with Gasteiger partial charge in [-0.25, -0.2) is 5.43 Å². The third kappa shape index (κ3) is 4.70. The van der Waals surface area contributed by atoms with Gasteiger partial charge in [0.25, 0.3) is 5.56 Å². The lowest BCUT2D eigenvalue weighted by Gasteiger charge is -2.13. The summed E-state index contributed by atoms with van der Waals surface area (Å²) >= 11 is 6.19. The fraction of sp³-hybridized carbons (Fsp3) is 0.143. The molecule has 1 amide bonds. The Balaban J connectivity index is 2.13. The third-order valence-electron chi connectivity index (χ3n) is 4.31. The lowest BCUT2D eigenvalue weighted by molar-refractivity contribution is -0.138. The van der Waals surface area contributed by atoms with E-state index < -0.39 is 11.9 Å². The van der Waals surface area contributed by atoms with E-state index in [9.17, 15) is 14.4 Å². The van der Waals surface area contributed by atoms with Crippen molar-refractivity contribution in [3.8, 4) is 11.1 Å². The van der Waals surface area contributed by atoms with Gasteiger partial charge in [0.15, 0.2) is 0 Å². The predicted molar refractivity (Wildman–Crippen MR) is 112 cm³/mol. The first kappa shape index (κ1) is 20.3. The number of rotatable bonds is 6. The third-order valence-corrected chi connectivity index (χ3v) is 4.55. The number of H-pyrrole nitrogens is 1. The lowest BCUT2D eigenvalue weighted by atomic mass is 9.94. The van der Waals surface area contributed by atoms with Gasteiger partial charge >= 0.3 is 5.97 Å². The van der Waals surface area contributed by atoms with Crippen LogP contribution in [-0.4, -0.2) is 27.7 Å². The highest BCUT2D eigenvalue weighted by Gasteiger charge is 2.17. The number of nitrogens with zero attached hydrogens (tertiary/aromatic N) is 1. The molecule has 2 aromatic carbocycles. The van der Waals surface area contributed by atoms with Crippen LogP contribution in [0.1, 0.15) is 25.3 Å². The number of nitrogens with one attached hydrogen (secondary N) is 2. The molecule has 1 heterocycles. The van der Waals surface area contributed by atoms with Gasteiger partial charge in [0.2, 0.25) is 5.91 Å². The van der Waals surface area contributed by atoms with Crippen LogP contribution in [0.4, 0.5) is 0 Å². The second-order valence-corrected chi connectivity index (χ2v) is 6.82. The smallest absolute Gasteiger partial charge is 0.303 e. The van der Waals surface area contributed by atoms with Crippen LogP contribution in [0.25, 0.3) is 22.0 Å². The molecule has 3 rings (SSSR count). The first-order valence-corrected chi connectivity index (χ1v) is 9.21. The minimum Gasteiger partial charge on any atom is -0.481 e. The molecule has 0 radical (unpaired) electrons. The van der Waals surface area contributed by atoms with Crippen molar-refractivity contribution in [2.45, 2.75) is 19.8 Å². The minimum absolute atomic E-state index is 0.207. The molecule has 148 valence electrons. The van der Waals surface area contributed by atoms with Crippen molar-refractivity contribution in [1.29, 1.82) is 0 Å². The van der Waals surface area contributed by atoms with Gasteiger partial charge in [-0.3, -0.25) is 14.4 Å². The first-order chi connectivity index (χ1) is 13.9. The molecule has 0 fully saturated rings. The summed E-state index contributed by atoms with van der Waals surface area (Å²) in [6.45, 7) is 1.60. The number of carboxylic acid groups (broad SMARTS) is 1. The average molecular weight is 412 g/mol. The number of carboxylic acids is 1. The van der Waals surface area contributed by atoms with E-state index in [1.807, 2.05) is 30.3 Å². The molecule has 0 saturated carbocycles. The zero-order valence-corrected chi connectivity index (χ0v) is 16.3. The van der Waals surface area contributed by atoms with Crippen LogP contribution in [0.15, 0.2) is 58.4 Å². The van der Waals surface area contributed by atoms with Gasteiger partial charge in [0.1, 0.15) is 0 Å². The largest absolute Gasteiger partial charge is 0.481 e. The number of aliphatic carboxylic acids is 1. The van der Waals surface area contributed by atoms with E-state index in [1.54, 1.807) is 25.1 Å². The normalized spacial score (nSPS) is 11.4. The Kier molecular flexibility index (Phi) is 6.09. The van der Waals surface area contributed by atoms with E-state index in [0.29, 0.717) is 21.7 Å². The van der Waals surface area contributed by atoms with Gasteiger partial charge in [0.05, 0.1) is 17.7 Å². The zero-order valence-electron chi connectivity index (χ0n) is 15.5. The second kappa shape index (κ2) is 8.70. The Morgan fingerprint density at radius 1 is 1.14 bits per heavy atom. The SMILES string of the molecule is C/C(=N\NC(=O)CCC(=O)O)c1c(-c2ccccc2)c2cc(Cl)ccc2[nH]c1=O. The van der Waals surface area contributed by atoms with Gasteiger partial charge in [-0.05, 0) is 30.7 Å². The van der Waals surface area contributed by atoms with Gasteiger partial charge in [-0.1, -0.05) is 41.9 Å². The van der Waals surface area contributed by atoms with E-state index in [2.05, 4.69) is 15.5 Å². The van der Waals surface area contributed by atoms with E-state index >= 15 is 0 Å². The molecule has 0 aliphatic rings. The van der Waals surface area contributed by atoms with Crippen molar-refractivity contribution in [1.82, 2.24) is 10.4 Å². The second-order valence-electron chi connectivity index (χ2n) is 6.39. The summed E-state index contributed by atoms with van der Waals surface area (Å²) in [5, 5.41) is 13.9. The molecule has 0 aliphatic heterocycles. The fourth-order valence-electron chi connectivity index (χ4n) is 2.99. The molecule has 3 aromatic rings. The molecule has 0 unspecified atom stereocenters. The van der Waals surface area contributed by atoms with Crippen LogP contribution < -0.4 is 11.0 Å². The number of carbonyl (C=O) groups excluding carboxylic acids is 1. The van der Waals surface area contributed by atoms with Crippen LogP contribution in [0, 0.1) is 0 Å². The van der Waals surface area contributed by atoms with Crippen molar-refractivity contribution in [3.63, 3.8) is 0 Å². The van der Waals surface area contributed by atoms with Crippen LogP contribution in [0.2, 0.25) is 5.02 Å². The van der Waals surface area contributed by atoms with Gasteiger partial charge < -0.3 is 10.1 Å². The Morgan fingerprint density at radius 2 is 1.86 bits per heavy atom. The molecular formula is C21H18ClN3O4. The Morgan fingerprint density at radius 3 is 2.55 bits per heavy atom. The highest BCUT2D eigenvalue weighted by Crippen LogP contribution is 2.31. The molecule has 29 heavy (non-hydrogen) atoms. The van der Waals surface area contributed by atoms with E-state index in [1.165, 1.54) is 0 Å². The van der Waals surface area contributed by atoms with Crippen molar-refractivity contribution in [2.24, 2.45) is 5.10 Å². The van der Waals surface area contributed by atoms with Crippen molar-refractivity contribution >= 4 is 40.1 Å². The number of carbonyl (C=O) groups is 2. The van der Waals surface area contributed by atoms with Crippen LogP contribution in [0.5, 0.6) is 0 Å². The van der Waals surface area contributed by atoms with Gasteiger partial charge in [-0.15, -0.1) is 0 Å². The molecule has 0 aliphatic carbocycles. The first-order valence-electron chi connectivity index (χ1n) is 8.83. The van der Waals surface area contributed by atoms with E-state index in [-0.39, 0.29) is 24.1 Å². The van der Waals surface area contributed by atoms with Crippen LogP contribution in [-0.2, 0) is 9.59 Å². The average Bonchev–Trinajstić information content (AvgIpc) is 2.70. The monoisotopic (exact) mass is 411 g/mol. The number of amides is 1. The summed E-state index contributed by atoms with van der Waals surface area (Å²) in [7, 11) is 0. The van der Waals surface area contributed by atoms with Crippen molar-refractivity contribution in [2.75, 3.05) is 0 Å². The van der Waals surface area contributed by atoms with Crippen molar-refractivity contribution in [3.05, 3.63) is 69.5 Å². The fourth-order valence-corrected chi connectivity index (χ4v) is 3.17. The molecule has 0 spiro atoms. The maximum Gasteiger partial charge on any atom is 0.303 e. The minimum atomic E-state index is -1.07. The Bertz CT molecular complexity index is 1170. The number of pyridine rings is 1. The Hall–Kier alpha value is -3.45. The molecule has 0 saturated heterocycles. The molecule has 0 bridgehead atoms. The van der Waals surface area contributed by atoms with Crippen LogP contribution >= 0.6 is 11.6 Å². The van der Waals surface area contributed by atoms with E-state index in [0.717, 1.165) is 10.9 Å². The summed E-state index contributed by atoms with van der Waals surface area (Å²) in [6, 6.07) is 14.5. The maximum absolute atomic E-state index is 12.9. The molecule has 7 nitrogen and oxygen atoms in total. The summed E-state index contributed by atoms with van der Waals surface area (Å²) in [4.78, 5) is 38.1. The quantitative estimate of drug-likeness (QED) is 0.425. The Labute approximate surface area is 171 Å². The number of hydrogen-bond donors (Lipinski definition) is 3. The number of hydrazone groups is 1.